The summed E-state index contributed by atoms with van der Waals surface area (Å²) in [5.41, 5.74) is 8.18. The van der Waals surface area contributed by atoms with Crippen molar-refractivity contribution in [2.24, 2.45) is 5.73 Å². The molecule has 1 heterocycles. The molecular formula is C10H14N2O. The highest BCUT2D eigenvalue weighted by atomic mass is 16.3. The van der Waals surface area contributed by atoms with Crippen LogP contribution in [0.4, 0.5) is 5.69 Å². The molecule has 1 aromatic rings. The van der Waals surface area contributed by atoms with Crippen LogP contribution in [0.15, 0.2) is 24.3 Å². The van der Waals surface area contributed by atoms with Crippen LogP contribution >= 0.6 is 0 Å². The molecule has 3 heteroatoms. The maximum absolute atomic E-state index is 8.97. The Morgan fingerprint density at radius 2 is 2.31 bits per heavy atom. The summed E-state index contributed by atoms with van der Waals surface area (Å²) in [5.74, 6) is 0.251. The summed E-state index contributed by atoms with van der Waals surface area (Å²) < 4.78 is 0. The van der Waals surface area contributed by atoms with Crippen LogP contribution in [-0.4, -0.2) is 24.3 Å². The van der Waals surface area contributed by atoms with Gasteiger partial charge in [0, 0.05) is 24.2 Å². The molecule has 70 valence electrons. The quantitative estimate of drug-likeness (QED) is 0.618. The van der Waals surface area contributed by atoms with Gasteiger partial charge in [-0.3, -0.25) is 0 Å². The minimum absolute atomic E-state index is 0.0423. The maximum atomic E-state index is 8.97. The Morgan fingerprint density at radius 1 is 1.54 bits per heavy atom. The van der Waals surface area contributed by atoms with Crippen molar-refractivity contribution in [3.8, 4) is 0 Å². The number of aliphatic hydroxyl groups excluding tert-OH is 1. The summed E-state index contributed by atoms with van der Waals surface area (Å²) in [4.78, 5) is 0. The molecule has 0 aliphatic carbocycles. The van der Waals surface area contributed by atoms with E-state index < -0.39 is 0 Å². The lowest BCUT2D eigenvalue weighted by Gasteiger charge is -2.16. The van der Waals surface area contributed by atoms with Gasteiger partial charge in [0.1, 0.15) is 0 Å². The first-order valence-corrected chi connectivity index (χ1v) is 4.52. The number of benzene rings is 1. The van der Waals surface area contributed by atoms with Crippen LogP contribution in [0.2, 0.25) is 0 Å². The number of nitrogens with one attached hydrogen (secondary N) is 1. The van der Waals surface area contributed by atoms with E-state index in [1.54, 1.807) is 0 Å². The van der Waals surface area contributed by atoms with E-state index in [0.29, 0.717) is 0 Å². The molecule has 0 saturated carbocycles. The molecule has 1 aliphatic heterocycles. The fourth-order valence-corrected chi connectivity index (χ4v) is 1.82. The van der Waals surface area contributed by atoms with Crippen molar-refractivity contribution in [3.63, 3.8) is 0 Å². The van der Waals surface area contributed by atoms with Crippen molar-refractivity contribution < 1.29 is 5.11 Å². The molecule has 0 aromatic heterocycles. The molecule has 0 amide bonds. The van der Waals surface area contributed by atoms with Crippen LogP contribution in [0.25, 0.3) is 0 Å². The molecular weight excluding hydrogens is 164 g/mol. The monoisotopic (exact) mass is 178 g/mol. The first kappa shape index (κ1) is 8.53. The van der Waals surface area contributed by atoms with Crippen molar-refractivity contribution >= 4 is 5.69 Å². The number of fused-ring (bicyclic) bond motifs is 1. The summed E-state index contributed by atoms with van der Waals surface area (Å²) in [6.07, 6.45) is 0. The molecule has 1 aliphatic rings. The Balaban J connectivity index is 2.28. The number of para-hydroxylation sites is 1. The molecule has 13 heavy (non-hydrogen) atoms. The topological polar surface area (TPSA) is 58.3 Å². The molecule has 3 nitrogen and oxygen atoms in total. The second-order valence-corrected chi connectivity index (χ2v) is 3.42. The van der Waals surface area contributed by atoms with Gasteiger partial charge in [0.25, 0.3) is 0 Å². The van der Waals surface area contributed by atoms with Gasteiger partial charge in [-0.25, -0.2) is 0 Å². The predicted molar refractivity (Wildman–Crippen MR) is 52.7 cm³/mol. The standard InChI is InChI=1S/C10H14N2O/c11-9(6-13)8-5-12-10-4-2-1-3-7(8)10/h1-4,8-9,12-13H,5-6,11H2. The number of rotatable bonds is 2. The van der Waals surface area contributed by atoms with E-state index in [-0.39, 0.29) is 18.6 Å². The van der Waals surface area contributed by atoms with E-state index in [2.05, 4.69) is 11.4 Å². The van der Waals surface area contributed by atoms with Crippen LogP contribution in [0.3, 0.4) is 0 Å². The third kappa shape index (κ3) is 1.41. The van der Waals surface area contributed by atoms with Crippen molar-refractivity contribution in [2.75, 3.05) is 18.5 Å². The number of aliphatic hydroxyl groups is 1. The molecule has 4 N–H and O–H groups in total. The van der Waals surface area contributed by atoms with Gasteiger partial charge in [-0.15, -0.1) is 0 Å². The first-order valence-electron chi connectivity index (χ1n) is 4.52. The maximum Gasteiger partial charge on any atom is 0.0589 e. The second-order valence-electron chi connectivity index (χ2n) is 3.42. The molecule has 0 spiro atoms. The Hall–Kier alpha value is -1.06. The van der Waals surface area contributed by atoms with Crippen LogP contribution in [0.1, 0.15) is 11.5 Å². The molecule has 2 atom stereocenters. The first-order chi connectivity index (χ1) is 6.33. The number of hydrogen-bond acceptors (Lipinski definition) is 3. The Kier molecular flexibility index (Phi) is 2.20. The fourth-order valence-electron chi connectivity index (χ4n) is 1.82. The highest BCUT2D eigenvalue weighted by Crippen LogP contribution is 2.32. The fraction of sp³-hybridized carbons (Fsp3) is 0.400. The van der Waals surface area contributed by atoms with Gasteiger partial charge < -0.3 is 16.2 Å². The molecule has 1 aromatic carbocycles. The molecule has 0 fully saturated rings. The normalized spacial score (nSPS) is 22.2. The van der Waals surface area contributed by atoms with Crippen molar-refractivity contribution in [1.29, 1.82) is 0 Å². The molecule has 0 saturated heterocycles. The molecule has 2 rings (SSSR count). The smallest absolute Gasteiger partial charge is 0.0589 e. The third-order valence-corrected chi connectivity index (χ3v) is 2.60. The molecule has 2 unspecified atom stereocenters. The lowest BCUT2D eigenvalue weighted by atomic mass is 9.94. The van der Waals surface area contributed by atoms with E-state index in [1.807, 2.05) is 18.2 Å². The summed E-state index contributed by atoms with van der Waals surface area (Å²) in [5, 5.41) is 12.2. The predicted octanol–water partition coefficient (Wildman–Crippen LogP) is 0.515. The summed E-state index contributed by atoms with van der Waals surface area (Å²) in [6.45, 7) is 0.877. The lowest BCUT2D eigenvalue weighted by molar-refractivity contribution is 0.252. The highest BCUT2D eigenvalue weighted by Gasteiger charge is 2.26. The van der Waals surface area contributed by atoms with E-state index >= 15 is 0 Å². The summed E-state index contributed by atoms with van der Waals surface area (Å²) in [6, 6.07) is 7.95. The average Bonchev–Trinajstić information content (AvgIpc) is 2.60. The Morgan fingerprint density at radius 3 is 3.08 bits per heavy atom. The minimum atomic E-state index is -0.156. The van der Waals surface area contributed by atoms with E-state index in [1.165, 1.54) is 5.56 Å². The molecule has 0 bridgehead atoms. The van der Waals surface area contributed by atoms with Gasteiger partial charge >= 0.3 is 0 Å². The van der Waals surface area contributed by atoms with E-state index in [9.17, 15) is 0 Å². The number of nitrogens with two attached hydrogens (primary N) is 1. The third-order valence-electron chi connectivity index (χ3n) is 2.60. The summed E-state index contributed by atoms with van der Waals surface area (Å²) >= 11 is 0. The van der Waals surface area contributed by atoms with Gasteiger partial charge in [-0.05, 0) is 11.6 Å². The van der Waals surface area contributed by atoms with E-state index in [4.69, 9.17) is 10.8 Å². The van der Waals surface area contributed by atoms with Gasteiger partial charge in [-0.1, -0.05) is 18.2 Å². The lowest BCUT2D eigenvalue weighted by Crippen LogP contribution is -2.33. The van der Waals surface area contributed by atoms with E-state index in [0.717, 1.165) is 12.2 Å². The zero-order valence-electron chi connectivity index (χ0n) is 7.40. The van der Waals surface area contributed by atoms with Crippen LogP contribution in [0, 0.1) is 0 Å². The molecule has 0 radical (unpaired) electrons. The highest BCUT2D eigenvalue weighted by molar-refractivity contribution is 5.58. The number of anilines is 1. The van der Waals surface area contributed by atoms with Gasteiger partial charge in [-0.2, -0.15) is 0 Å². The summed E-state index contributed by atoms with van der Waals surface area (Å²) in [7, 11) is 0. The van der Waals surface area contributed by atoms with Crippen molar-refractivity contribution in [3.05, 3.63) is 29.8 Å². The van der Waals surface area contributed by atoms with Crippen molar-refractivity contribution in [2.45, 2.75) is 12.0 Å². The minimum Gasteiger partial charge on any atom is -0.395 e. The Bertz CT molecular complexity index is 301. The Labute approximate surface area is 77.6 Å². The second kappa shape index (κ2) is 3.36. The van der Waals surface area contributed by atoms with Gasteiger partial charge in [0.2, 0.25) is 0 Å². The zero-order valence-corrected chi connectivity index (χ0v) is 7.40. The largest absolute Gasteiger partial charge is 0.395 e. The average molecular weight is 178 g/mol. The van der Waals surface area contributed by atoms with Crippen LogP contribution in [0.5, 0.6) is 0 Å². The SMILES string of the molecule is NC(CO)C1CNc2ccccc21. The number of hydrogen-bond donors (Lipinski definition) is 3. The zero-order chi connectivity index (χ0) is 9.26. The van der Waals surface area contributed by atoms with Crippen LogP contribution < -0.4 is 11.1 Å². The van der Waals surface area contributed by atoms with Crippen molar-refractivity contribution in [1.82, 2.24) is 0 Å². The van der Waals surface area contributed by atoms with Gasteiger partial charge in [0.15, 0.2) is 0 Å². The van der Waals surface area contributed by atoms with Crippen LogP contribution in [-0.2, 0) is 0 Å². The van der Waals surface area contributed by atoms with Gasteiger partial charge in [0.05, 0.1) is 6.61 Å².